The Labute approximate surface area is 138 Å². The molecule has 23 heavy (non-hydrogen) atoms. The molecule has 3 aromatic rings. The summed E-state index contributed by atoms with van der Waals surface area (Å²) in [5, 5.41) is 0. The van der Waals surface area contributed by atoms with Crippen LogP contribution >= 0.6 is 0 Å². The fourth-order valence-corrected chi connectivity index (χ4v) is 3.90. The highest BCUT2D eigenvalue weighted by molar-refractivity contribution is 5.51. The quantitative estimate of drug-likeness (QED) is 0.584. The van der Waals surface area contributed by atoms with Gasteiger partial charge < -0.3 is 0 Å². The zero-order valence-electron chi connectivity index (χ0n) is 13.4. The van der Waals surface area contributed by atoms with Crippen molar-refractivity contribution in [3.05, 3.63) is 114 Å². The van der Waals surface area contributed by atoms with Gasteiger partial charge in [0.15, 0.2) is 0 Å². The highest BCUT2D eigenvalue weighted by Gasteiger charge is 2.49. The van der Waals surface area contributed by atoms with Crippen LogP contribution in [0.3, 0.4) is 0 Å². The largest absolute Gasteiger partial charge is 0.0622 e. The maximum absolute atomic E-state index is 2.46. The van der Waals surface area contributed by atoms with Crippen LogP contribution in [0.5, 0.6) is 0 Å². The Balaban J connectivity index is 1.86. The molecule has 113 valence electrons. The van der Waals surface area contributed by atoms with Crippen molar-refractivity contribution in [3.8, 4) is 0 Å². The van der Waals surface area contributed by atoms with Gasteiger partial charge in [0, 0.05) is 11.3 Å². The summed E-state index contributed by atoms with van der Waals surface area (Å²) in [4.78, 5) is 0. The zero-order chi connectivity index (χ0) is 15.7. The highest BCUT2D eigenvalue weighted by Crippen LogP contribution is 2.57. The summed E-state index contributed by atoms with van der Waals surface area (Å²) in [5.41, 5.74) is 5.63. The van der Waals surface area contributed by atoms with Gasteiger partial charge in [-0.25, -0.2) is 0 Å². The predicted molar refractivity (Wildman–Crippen MR) is 96.5 cm³/mol. The lowest BCUT2D eigenvalue weighted by molar-refractivity contribution is 0.332. The molecule has 0 aliphatic heterocycles. The topological polar surface area (TPSA) is 0 Å². The molecule has 0 N–H and O–H groups in total. The van der Waals surface area contributed by atoms with Crippen molar-refractivity contribution < 1.29 is 0 Å². The van der Waals surface area contributed by atoms with Crippen molar-refractivity contribution in [2.24, 2.45) is 0 Å². The molecule has 0 heterocycles. The maximum Gasteiger partial charge on any atom is 0.0277 e. The van der Waals surface area contributed by atoms with E-state index in [0.29, 0.717) is 5.92 Å². The lowest BCUT2D eigenvalue weighted by atomic mass is 9.52. The summed E-state index contributed by atoms with van der Waals surface area (Å²) in [7, 11) is 0. The second kappa shape index (κ2) is 5.70. The van der Waals surface area contributed by atoms with Crippen LogP contribution in [0.2, 0.25) is 0 Å². The molecule has 0 bridgehead atoms. The smallest absolute Gasteiger partial charge is 0.0277 e. The lowest BCUT2D eigenvalue weighted by Gasteiger charge is -2.51. The number of aryl methyl sites for hydroxylation is 1. The average molecular weight is 297 g/mol. The van der Waals surface area contributed by atoms with Gasteiger partial charge in [0.2, 0.25) is 0 Å². The van der Waals surface area contributed by atoms with Crippen molar-refractivity contribution in [1.29, 1.82) is 0 Å². The molecule has 3 aromatic carbocycles. The third-order valence-electron chi connectivity index (χ3n) is 5.22. The second-order valence-electron chi connectivity index (χ2n) is 6.53. The van der Waals surface area contributed by atoms with E-state index < -0.39 is 0 Å². The molecule has 1 aliphatic carbocycles. The number of rotatable bonds is 3. The Morgan fingerprint density at radius 3 is 1.65 bits per heavy atom. The molecule has 0 amide bonds. The molecule has 0 heteroatoms. The summed E-state index contributed by atoms with van der Waals surface area (Å²) in [6.45, 7) is 2.15. The van der Waals surface area contributed by atoms with Crippen LogP contribution in [0.15, 0.2) is 84.9 Å². The van der Waals surface area contributed by atoms with E-state index in [4.69, 9.17) is 0 Å². The zero-order valence-corrected chi connectivity index (χ0v) is 13.4. The van der Waals surface area contributed by atoms with Crippen molar-refractivity contribution in [2.75, 3.05) is 0 Å². The molecule has 1 atom stereocenters. The monoisotopic (exact) mass is 297 g/mol. The molecular weight excluding hydrogens is 276 g/mol. The number of hydrogen-bond donors (Lipinski definition) is 0. The lowest BCUT2D eigenvalue weighted by Crippen LogP contribution is -2.44. The van der Waals surface area contributed by atoms with Crippen molar-refractivity contribution in [1.82, 2.24) is 0 Å². The van der Waals surface area contributed by atoms with Crippen molar-refractivity contribution in [2.45, 2.75) is 24.7 Å². The first-order chi connectivity index (χ1) is 11.3. The highest BCUT2D eigenvalue weighted by atomic mass is 14.5. The summed E-state index contributed by atoms with van der Waals surface area (Å²) >= 11 is 0. The maximum atomic E-state index is 2.46. The van der Waals surface area contributed by atoms with Gasteiger partial charge in [0.1, 0.15) is 0 Å². The molecule has 4 rings (SSSR count). The van der Waals surface area contributed by atoms with E-state index in [1.165, 1.54) is 22.3 Å². The molecule has 1 saturated carbocycles. The van der Waals surface area contributed by atoms with Crippen LogP contribution in [0, 0.1) is 13.3 Å². The molecule has 1 fully saturated rings. The molecule has 0 aromatic heterocycles. The Bertz CT molecular complexity index is 730. The van der Waals surface area contributed by atoms with E-state index >= 15 is 0 Å². The minimum Gasteiger partial charge on any atom is -0.0622 e. The van der Waals surface area contributed by atoms with Crippen LogP contribution in [0.1, 0.15) is 34.6 Å². The van der Waals surface area contributed by atoms with Gasteiger partial charge in [-0.1, -0.05) is 90.5 Å². The van der Waals surface area contributed by atoms with Gasteiger partial charge in [-0.05, 0) is 36.5 Å². The normalized spacial score (nSPS) is 19.1. The minimum atomic E-state index is 0.0672. The average Bonchev–Trinajstić information content (AvgIpc) is 2.58. The van der Waals surface area contributed by atoms with Gasteiger partial charge in [-0.2, -0.15) is 0 Å². The molecule has 1 radical (unpaired) electrons. The second-order valence-corrected chi connectivity index (χ2v) is 6.53. The van der Waals surface area contributed by atoms with Gasteiger partial charge in [-0.15, -0.1) is 0 Å². The van der Waals surface area contributed by atoms with Crippen molar-refractivity contribution >= 4 is 0 Å². The van der Waals surface area contributed by atoms with Crippen LogP contribution in [0.25, 0.3) is 0 Å². The first-order valence-corrected chi connectivity index (χ1v) is 8.32. The Morgan fingerprint density at radius 1 is 0.696 bits per heavy atom. The van der Waals surface area contributed by atoms with Gasteiger partial charge >= 0.3 is 0 Å². The standard InChI is InChI=1S/C23H21/c1-18-12-14-19(15-13-18)22-16-17-23(22,20-8-4-2-5-9-20)21-10-6-3-7-11-21/h2-16,22H,17H2,1H3. The fourth-order valence-electron chi connectivity index (χ4n) is 3.90. The van der Waals surface area contributed by atoms with E-state index in [-0.39, 0.29) is 5.41 Å². The molecule has 1 aliphatic rings. The van der Waals surface area contributed by atoms with E-state index in [0.717, 1.165) is 6.42 Å². The minimum absolute atomic E-state index is 0.0672. The van der Waals surface area contributed by atoms with Crippen LogP contribution < -0.4 is 0 Å². The first kappa shape index (κ1) is 14.3. The Morgan fingerprint density at radius 2 is 1.22 bits per heavy atom. The van der Waals surface area contributed by atoms with Crippen LogP contribution in [0.4, 0.5) is 0 Å². The van der Waals surface area contributed by atoms with Gasteiger partial charge in [0.05, 0.1) is 0 Å². The summed E-state index contributed by atoms with van der Waals surface area (Å²) in [6, 6.07) is 31.0. The third kappa shape index (κ3) is 2.30. The van der Waals surface area contributed by atoms with E-state index in [1.807, 2.05) is 0 Å². The van der Waals surface area contributed by atoms with E-state index in [2.05, 4.69) is 98.3 Å². The third-order valence-corrected chi connectivity index (χ3v) is 5.22. The van der Waals surface area contributed by atoms with Crippen molar-refractivity contribution in [3.63, 3.8) is 0 Å². The van der Waals surface area contributed by atoms with Gasteiger partial charge in [-0.3, -0.25) is 0 Å². The Kier molecular flexibility index (Phi) is 3.53. The molecule has 0 nitrogen and oxygen atoms in total. The Hall–Kier alpha value is -2.34. The first-order valence-electron chi connectivity index (χ1n) is 8.32. The number of benzene rings is 3. The van der Waals surface area contributed by atoms with E-state index in [9.17, 15) is 0 Å². The number of hydrogen-bond acceptors (Lipinski definition) is 0. The van der Waals surface area contributed by atoms with Gasteiger partial charge in [0.25, 0.3) is 0 Å². The summed E-state index contributed by atoms with van der Waals surface area (Å²) in [6.07, 6.45) is 3.56. The molecule has 0 saturated heterocycles. The molecule has 0 spiro atoms. The van der Waals surface area contributed by atoms with Crippen LogP contribution in [-0.4, -0.2) is 0 Å². The summed E-state index contributed by atoms with van der Waals surface area (Å²) in [5.74, 6) is 0.438. The van der Waals surface area contributed by atoms with Crippen LogP contribution in [-0.2, 0) is 5.41 Å². The molecule has 1 unspecified atom stereocenters. The fraction of sp³-hybridized carbons (Fsp3) is 0.174. The van der Waals surface area contributed by atoms with E-state index in [1.54, 1.807) is 0 Å². The molecular formula is C23H21. The summed E-state index contributed by atoms with van der Waals surface area (Å²) < 4.78 is 0. The predicted octanol–water partition coefficient (Wildman–Crippen LogP) is 5.67. The SMILES string of the molecule is Cc1ccc(C2[CH]CC2(c2ccccc2)c2ccccc2)cc1.